The van der Waals surface area contributed by atoms with Crippen LogP contribution in [0.4, 0.5) is 13.2 Å². The van der Waals surface area contributed by atoms with Gasteiger partial charge in [-0.25, -0.2) is 0 Å². The Labute approximate surface area is 178 Å². The van der Waals surface area contributed by atoms with E-state index in [4.69, 9.17) is 0 Å². The molecular formula is C23H22F3N3O2. The van der Waals surface area contributed by atoms with E-state index in [9.17, 15) is 18.0 Å². The van der Waals surface area contributed by atoms with Crippen molar-refractivity contribution in [2.24, 2.45) is 0 Å². The monoisotopic (exact) mass is 429 g/mol. The Hall–Kier alpha value is -3.29. The number of carbonyl (C=O) groups is 1. The van der Waals surface area contributed by atoms with Crippen molar-refractivity contribution < 1.29 is 22.7 Å². The number of alkyl halides is 3. The van der Waals surface area contributed by atoms with Crippen molar-refractivity contribution in [3.63, 3.8) is 0 Å². The number of benzene rings is 1. The maximum absolute atomic E-state index is 12.5. The number of aryl methyl sites for hydroxylation is 1. The van der Waals surface area contributed by atoms with E-state index in [-0.39, 0.29) is 30.3 Å². The van der Waals surface area contributed by atoms with E-state index in [1.54, 1.807) is 18.5 Å². The number of ether oxygens (including phenoxy) is 1. The second-order valence-corrected chi connectivity index (χ2v) is 7.33. The van der Waals surface area contributed by atoms with Crippen molar-refractivity contribution in [1.29, 1.82) is 0 Å². The van der Waals surface area contributed by atoms with Gasteiger partial charge in [0, 0.05) is 42.4 Å². The largest absolute Gasteiger partial charge is 0.483 e. The van der Waals surface area contributed by atoms with Crippen LogP contribution in [0, 0.1) is 6.92 Å². The van der Waals surface area contributed by atoms with E-state index in [1.165, 1.54) is 12.3 Å². The number of pyridine rings is 1. The molecule has 0 radical (unpaired) electrons. The summed E-state index contributed by atoms with van der Waals surface area (Å²) >= 11 is 0. The number of ketones is 1. The van der Waals surface area contributed by atoms with Gasteiger partial charge in [0.1, 0.15) is 11.5 Å². The fraction of sp³-hybridized carbons (Fsp3) is 0.304. The molecule has 31 heavy (non-hydrogen) atoms. The SMILES string of the molecule is Cc1nccnc1-c1ccc(CC(=O)C[C@H](C)c2ccc(OCC(F)(F)F)cn2)cc1. The summed E-state index contributed by atoms with van der Waals surface area (Å²) in [5.41, 5.74) is 4.10. The number of hydrogen-bond donors (Lipinski definition) is 0. The first kappa shape index (κ1) is 22.4. The number of nitrogens with zero attached hydrogens (tertiary/aromatic N) is 3. The Kier molecular flexibility index (Phi) is 6.99. The Balaban J connectivity index is 1.55. The van der Waals surface area contributed by atoms with Crippen LogP contribution in [0.1, 0.15) is 36.2 Å². The molecule has 1 aromatic carbocycles. The molecule has 3 rings (SSSR count). The first-order chi connectivity index (χ1) is 14.7. The van der Waals surface area contributed by atoms with Gasteiger partial charge in [0.2, 0.25) is 0 Å². The molecule has 162 valence electrons. The maximum Gasteiger partial charge on any atom is 0.422 e. The molecule has 2 aromatic heterocycles. The highest BCUT2D eigenvalue weighted by molar-refractivity contribution is 5.81. The summed E-state index contributed by atoms with van der Waals surface area (Å²) in [5.74, 6) is -0.0705. The molecule has 0 saturated carbocycles. The molecule has 0 amide bonds. The second kappa shape index (κ2) is 9.68. The molecule has 0 saturated heterocycles. The first-order valence-electron chi connectivity index (χ1n) is 9.75. The highest BCUT2D eigenvalue weighted by Crippen LogP contribution is 2.23. The molecule has 3 aromatic rings. The molecule has 0 unspecified atom stereocenters. The van der Waals surface area contributed by atoms with Gasteiger partial charge < -0.3 is 4.74 Å². The standard InChI is InChI=1S/C23H22F3N3O2/c1-15(21-8-7-20(13-29-21)31-14-23(24,25)26)11-19(30)12-17-3-5-18(6-4-17)22-16(2)27-9-10-28-22/h3-10,13,15H,11-12,14H2,1-2H3/t15-/m0/s1. The highest BCUT2D eigenvalue weighted by Gasteiger charge is 2.28. The smallest absolute Gasteiger partial charge is 0.422 e. The summed E-state index contributed by atoms with van der Waals surface area (Å²) in [6.45, 7) is 2.39. The van der Waals surface area contributed by atoms with Gasteiger partial charge in [-0.15, -0.1) is 0 Å². The third-order valence-electron chi connectivity index (χ3n) is 4.71. The van der Waals surface area contributed by atoms with Crippen LogP contribution in [0.2, 0.25) is 0 Å². The molecule has 2 heterocycles. The number of hydrogen-bond acceptors (Lipinski definition) is 5. The predicted octanol–water partition coefficient (Wildman–Crippen LogP) is 5.09. The topological polar surface area (TPSA) is 65.0 Å². The van der Waals surface area contributed by atoms with Crippen molar-refractivity contribution in [3.8, 4) is 17.0 Å². The quantitative estimate of drug-likeness (QED) is 0.499. The van der Waals surface area contributed by atoms with Crippen molar-refractivity contribution in [2.45, 2.75) is 38.8 Å². The zero-order valence-corrected chi connectivity index (χ0v) is 17.2. The maximum atomic E-state index is 12.5. The Morgan fingerprint density at radius 1 is 1.03 bits per heavy atom. The van der Waals surface area contributed by atoms with Crippen LogP contribution in [0.3, 0.4) is 0 Å². The van der Waals surface area contributed by atoms with Gasteiger partial charge >= 0.3 is 6.18 Å². The molecule has 0 spiro atoms. The van der Waals surface area contributed by atoms with E-state index >= 15 is 0 Å². The summed E-state index contributed by atoms with van der Waals surface area (Å²) in [4.78, 5) is 25.2. The summed E-state index contributed by atoms with van der Waals surface area (Å²) in [6.07, 6.45) is 0.700. The van der Waals surface area contributed by atoms with E-state index in [0.29, 0.717) is 5.69 Å². The summed E-state index contributed by atoms with van der Waals surface area (Å²) in [5, 5.41) is 0. The van der Waals surface area contributed by atoms with E-state index in [2.05, 4.69) is 19.7 Å². The number of carbonyl (C=O) groups excluding carboxylic acids is 1. The fourth-order valence-electron chi connectivity index (χ4n) is 3.15. The van der Waals surface area contributed by atoms with Crippen LogP contribution in [-0.4, -0.2) is 33.5 Å². The zero-order chi connectivity index (χ0) is 22.4. The number of aromatic nitrogens is 3. The highest BCUT2D eigenvalue weighted by atomic mass is 19.4. The van der Waals surface area contributed by atoms with Crippen LogP contribution < -0.4 is 4.74 Å². The second-order valence-electron chi connectivity index (χ2n) is 7.33. The summed E-state index contributed by atoms with van der Waals surface area (Å²) in [6, 6.07) is 10.7. The molecule has 1 atom stereocenters. The number of rotatable bonds is 8. The molecule has 0 bridgehead atoms. The third-order valence-corrected chi connectivity index (χ3v) is 4.71. The molecule has 0 fully saturated rings. The Morgan fingerprint density at radius 2 is 1.74 bits per heavy atom. The molecule has 0 aliphatic rings. The minimum atomic E-state index is -4.40. The van der Waals surface area contributed by atoms with Gasteiger partial charge in [-0.05, 0) is 24.6 Å². The lowest BCUT2D eigenvalue weighted by atomic mass is 9.96. The minimum absolute atomic E-state index is 0.0398. The Bertz CT molecular complexity index is 1020. The predicted molar refractivity (Wildman–Crippen MR) is 110 cm³/mol. The minimum Gasteiger partial charge on any atom is -0.483 e. The van der Waals surface area contributed by atoms with Gasteiger partial charge in [0.05, 0.1) is 17.6 Å². The lowest BCUT2D eigenvalue weighted by molar-refractivity contribution is -0.153. The lowest BCUT2D eigenvalue weighted by Gasteiger charge is -2.12. The molecular weight excluding hydrogens is 407 g/mol. The van der Waals surface area contributed by atoms with E-state index < -0.39 is 12.8 Å². The van der Waals surface area contributed by atoms with Gasteiger partial charge in [0.25, 0.3) is 0 Å². The Morgan fingerprint density at radius 3 is 2.35 bits per heavy atom. The van der Waals surface area contributed by atoms with Crippen molar-refractivity contribution in [1.82, 2.24) is 15.0 Å². The fourth-order valence-corrected chi connectivity index (χ4v) is 3.15. The van der Waals surface area contributed by atoms with Crippen molar-refractivity contribution in [2.75, 3.05) is 6.61 Å². The first-order valence-corrected chi connectivity index (χ1v) is 9.75. The number of halogens is 3. The molecule has 0 aliphatic carbocycles. The molecule has 5 nitrogen and oxygen atoms in total. The van der Waals surface area contributed by atoms with Gasteiger partial charge in [-0.2, -0.15) is 13.2 Å². The van der Waals surface area contributed by atoms with Crippen LogP contribution in [0.5, 0.6) is 5.75 Å². The normalized spacial score (nSPS) is 12.4. The van der Waals surface area contributed by atoms with Crippen LogP contribution in [0.25, 0.3) is 11.3 Å². The molecule has 0 aliphatic heterocycles. The molecule has 8 heteroatoms. The van der Waals surface area contributed by atoms with Crippen molar-refractivity contribution >= 4 is 5.78 Å². The summed E-state index contributed by atoms with van der Waals surface area (Å²) in [7, 11) is 0. The third kappa shape index (κ3) is 6.60. The molecule has 0 N–H and O–H groups in total. The van der Waals surface area contributed by atoms with E-state index in [1.807, 2.05) is 38.1 Å². The van der Waals surface area contributed by atoms with Crippen LogP contribution >= 0.6 is 0 Å². The average Bonchev–Trinajstić information content (AvgIpc) is 2.73. The summed E-state index contributed by atoms with van der Waals surface area (Å²) < 4.78 is 41.3. The van der Waals surface area contributed by atoms with Gasteiger partial charge in [-0.3, -0.25) is 19.7 Å². The average molecular weight is 429 g/mol. The van der Waals surface area contributed by atoms with E-state index in [0.717, 1.165) is 22.5 Å². The van der Waals surface area contributed by atoms with Crippen LogP contribution in [-0.2, 0) is 11.2 Å². The zero-order valence-electron chi connectivity index (χ0n) is 17.2. The van der Waals surface area contributed by atoms with Gasteiger partial charge in [-0.1, -0.05) is 31.2 Å². The van der Waals surface area contributed by atoms with Crippen LogP contribution in [0.15, 0.2) is 55.0 Å². The lowest BCUT2D eigenvalue weighted by Crippen LogP contribution is -2.19. The number of Topliss-reactive ketones (excluding diaryl/α,β-unsaturated/α-hetero) is 1. The van der Waals surface area contributed by atoms with Gasteiger partial charge in [0.15, 0.2) is 6.61 Å². The van der Waals surface area contributed by atoms with Crippen molar-refractivity contribution in [3.05, 3.63) is 71.9 Å².